The van der Waals surface area contributed by atoms with Gasteiger partial charge in [-0.15, -0.1) is 11.3 Å². The lowest BCUT2D eigenvalue weighted by molar-refractivity contribution is 0.342. The molecule has 0 bridgehead atoms. The summed E-state index contributed by atoms with van der Waals surface area (Å²) in [6, 6.07) is 1.32. The van der Waals surface area contributed by atoms with Crippen LogP contribution in [0.2, 0.25) is 0 Å². The van der Waals surface area contributed by atoms with E-state index in [1.54, 1.807) is 0 Å². The normalized spacial score (nSPS) is 25.6. The van der Waals surface area contributed by atoms with Crippen LogP contribution >= 0.6 is 11.3 Å². The predicted molar refractivity (Wildman–Crippen MR) is 91.2 cm³/mol. The van der Waals surface area contributed by atoms with Gasteiger partial charge >= 0.3 is 0 Å². The molecular weight excluding hydrogens is 278 g/mol. The molecule has 1 aromatic heterocycles. The van der Waals surface area contributed by atoms with Crippen LogP contribution in [0.4, 0.5) is 5.13 Å². The summed E-state index contributed by atoms with van der Waals surface area (Å²) in [5.74, 6) is 0.935. The summed E-state index contributed by atoms with van der Waals surface area (Å²) in [6.07, 6.45) is 8.10. The summed E-state index contributed by atoms with van der Waals surface area (Å²) in [7, 11) is 0. The van der Waals surface area contributed by atoms with Gasteiger partial charge < -0.3 is 10.2 Å². The topological polar surface area (TPSA) is 28.2 Å². The zero-order valence-corrected chi connectivity index (χ0v) is 14.5. The molecule has 2 heterocycles. The Bertz CT molecular complexity index is 469. The molecule has 0 amide bonds. The number of nitrogens with one attached hydrogen (secondary N) is 1. The Labute approximate surface area is 133 Å². The van der Waals surface area contributed by atoms with E-state index in [2.05, 4.69) is 31.0 Å². The molecule has 1 aliphatic carbocycles. The summed E-state index contributed by atoms with van der Waals surface area (Å²) in [4.78, 5) is 9.06. The van der Waals surface area contributed by atoms with E-state index in [0.29, 0.717) is 6.04 Å². The van der Waals surface area contributed by atoms with Gasteiger partial charge in [0.1, 0.15) is 0 Å². The van der Waals surface area contributed by atoms with Crippen molar-refractivity contribution in [1.82, 2.24) is 10.3 Å². The van der Waals surface area contributed by atoms with Gasteiger partial charge in [-0.05, 0) is 31.6 Å². The van der Waals surface area contributed by atoms with Gasteiger partial charge in [0.05, 0.1) is 5.69 Å². The quantitative estimate of drug-likeness (QED) is 0.892. The standard InChI is InChI=1S/C17H29N3S/c1-4-14-16(11-18-12(2)3)21-17(19-14)20-10-9-13-7-5-6-8-15(13)20/h12-13,15,18H,4-11H2,1-3H3. The molecular formula is C17H29N3S. The van der Waals surface area contributed by atoms with Gasteiger partial charge in [-0.2, -0.15) is 0 Å². The lowest BCUT2D eigenvalue weighted by atomic mass is 9.85. The van der Waals surface area contributed by atoms with Gasteiger partial charge in [-0.1, -0.05) is 33.6 Å². The third kappa shape index (κ3) is 3.26. The molecule has 2 unspecified atom stereocenters. The molecule has 3 rings (SSSR count). The van der Waals surface area contributed by atoms with Crippen LogP contribution in [-0.4, -0.2) is 23.6 Å². The first-order valence-corrected chi connectivity index (χ1v) is 9.49. The van der Waals surface area contributed by atoms with Crippen LogP contribution < -0.4 is 10.2 Å². The van der Waals surface area contributed by atoms with Gasteiger partial charge in [0.15, 0.2) is 5.13 Å². The van der Waals surface area contributed by atoms with E-state index in [4.69, 9.17) is 4.98 Å². The number of nitrogens with zero attached hydrogens (tertiary/aromatic N) is 2. The molecule has 4 heteroatoms. The van der Waals surface area contributed by atoms with E-state index < -0.39 is 0 Å². The van der Waals surface area contributed by atoms with Crippen LogP contribution in [0.3, 0.4) is 0 Å². The van der Waals surface area contributed by atoms with E-state index in [1.807, 2.05) is 11.3 Å². The number of rotatable bonds is 5. The largest absolute Gasteiger partial charge is 0.345 e. The van der Waals surface area contributed by atoms with Gasteiger partial charge in [0.25, 0.3) is 0 Å². The molecule has 21 heavy (non-hydrogen) atoms. The van der Waals surface area contributed by atoms with Crippen molar-refractivity contribution in [2.24, 2.45) is 5.92 Å². The molecule has 3 nitrogen and oxygen atoms in total. The Morgan fingerprint density at radius 2 is 2.10 bits per heavy atom. The highest BCUT2D eigenvalue weighted by Crippen LogP contribution is 2.40. The van der Waals surface area contributed by atoms with Crippen LogP contribution in [0.1, 0.15) is 63.4 Å². The molecule has 0 radical (unpaired) electrons. The Morgan fingerprint density at radius 1 is 1.29 bits per heavy atom. The van der Waals surface area contributed by atoms with E-state index >= 15 is 0 Å². The average molecular weight is 308 g/mol. The number of anilines is 1. The number of hydrogen-bond donors (Lipinski definition) is 1. The molecule has 1 aliphatic heterocycles. The number of aryl methyl sites for hydroxylation is 1. The number of hydrogen-bond acceptors (Lipinski definition) is 4. The second kappa shape index (κ2) is 6.66. The van der Waals surface area contributed by atoms with Crippen molar-refractivity contribution in [1.29, 1.82) is 0 Å². The molecule has 1 aromatic rings. The van der Waals surface area contributed by atoms with Crippen molar-refractivity contribution in [2.75, 3.05) is 11.4 Å². The first-order chi connectivity index (χ1) is 10.2. The Morgan fingerprint density at radius 3 is 2.86 bits per heavy atom. The minimum Gasteiger partial charge on any atom is -0.345 e. The van der Waals surface area contributed by atoms with Gasteiger partial charge in [0.2, 0.25) is 0 Å². The zero-order chi connectivity index (χ0) is 14.8. The van der Waals surface area contributed by atoms with Crippen LogP contribution in [0.15, 0.2) is 0 Å². The number of fused-ring (bicyclic) bond motifs is 1. The zero-order valence-electron chi connectivity index (χ0n) is 13.7. The highest BCUT2D eigenvalue weighted by atomic mass is 32.1. The first-order valence-electron chi connectivity index (χ1n) is 8.67. The molecule has 118 valence electrons. The van der Waals surface area contributed by atoms with Gasteiger partial charge in [-0.25, -0.2) is 4.98 Å². The summed E-state index contributed by atoms with van der Waals surface area (Å²) in [5.41, 5.74) is 1.31. The lowest BCUT2D eigenvalue weighted by Crippen LogP contribution is -2.34. The van der Waals surface area contributed by atoms with Crippen molar-refractivity contribution < 1.29 is 0 Å². The maximum Gasteiger partial charge on any atom is 0.186 e. The van der Waals surface area contributed by atoms with Crippen molar-refractivity contribution >= 4 is 16.5 Å². The fraction of sp³-hybridized carbons (Fsp3) is 0.824. The second-order valence-electron chi connectivity index (χ2n) is 6.85. The van der Waals surface area contributed by atoms with Crippen LogP contribution in [0.5, 0.6) is 0 Å². The van der Waals surface area contributed by atoms with Crippen LogP contribution in [0.25, 0.3) is 0 Å². The monoisotopic (exact) mass is 307 g/mol. The maximum atomic E-state index is 4.98. The van der Waals surface area contributed by atoms with Gasteiger partial charge in [0, 0.05) is 30.1 Å². The molecule has 1 saturated heterocycles. The molecule has 1 saturated carbocycles. The lowest BCUT2D eigenvalue weighted by Gasteiger charge is -2.31. The average Bonchev–Trinajstić information content (AvgIpc) is 3.08. The molecule has 0 spiro atoms. The first kappa shape index (κ1) is 15.3. The Hall–Kier alpha value is -0.610. The summed E-state index contributed by atoms with van der Waals surface area (Å²) in [6.45, 7) is 8.84. The highest BCUT2D eigenvalue weighted by Gasteiger charge is 2.37. The molecule has 2 aliphatic rings. The molecule has 2 atom stereocenters. The summed E-state index contributed by atoms with van der Waals surface area (Å²) >= 11 is 1.93. The fourth-order valence-electron chi connectivity index (χ4n) is 3.85. The number of thiazole rings is 1. The van der Waals surface area contributed by atoms with Crippen molar-refractivity contribution in [2.45, 2.75) is 77.9 Å². The van der Waals surface area contributed by atoms with Crippen molar-refractivity contribution in [3.8, 4) is 0 Å². The van der Waals surface area contributed by atoms with Gasteiger partial charge in [-0.3, -0.25) is 0 Å². The number of aromatic nitrogens is 1. The molecule has 1 N–H and O–H groups in total. The van der Waals surface area contributed by atoms with Crippen molar-refractivity contribution in [3.63, 3.8) is 0 Å². The van der Waals surface area contributed by atoms with Crippen LogP contribution in [0, 0.1) is 5.92 Å². The van der Waals surface area contributed by atoms with E-state index in [9.17, 15) is 0 Å². The van der Waals surface area contributed by atoms with E-state index in [0.717, 1.165) is 24.9 Å². The Kier molecular flexibility index (Phi) is 4.85. The smallest absolute Gasteiger partial charge is 0.186 e. The van der Waals surface area contributed by atoms with Crippen LogP contribution in [-0.2, 0) is 13.0 Å². The molecule has 0 aromatic carbocycles. The minimum atomic E-state index is 0.537. The van der Waals surface area contributed by atoms with E-state index in [-0.39, 0.29) is 0 Å². The maximum absolute atomic E-state index is 4.98. The fourth-order valence-corrected chi connectivity index (χ4v) is 5.03. The third-order valence-electron chi connectivity index (χ3n) is 5.03. The second-order valence-corrected chi connectivity index (χ2v) is 7.91. The summed E-state index contributed by atoms with van der Waals surface area (Å²) in [5, 5.41) is 4.84. The predicted octanol–water partition coefficient (Wildman–Crippen LogP) is 3.97. The molecule has 2 fully saturated rings. The highest BCUT2D eigenvalue weighted by molar-refractivity contribution is 7.15. The summed E-state index contributed by atoms with van der Waals surface area (Å²) < 4.78 is 0. The van der Waals surface area contributed by atoms with E-state index in [1.165, 1.54) is 54.4 Å². The SMILES string of the molecule is CCc1nc(N2CCC3CCCCC32)sc1CNC(C)C. The third-order valence-corrected chi connectivity index (χ3v) is 6.16. The van der Waals surface area contributed by atoms with Crippen molar-refractivity contribution in [3.05, 3.63) is 10.6 Å². The minimum absolute atomic E-state index is 0.537. The Balaban J connectivity index is 1.75.